The van der Waals surface area contributed by atoms with E-state index < -0.39 is 24.1 Å². The van der Waals surface area contributed by atoms with E-state index in [1.54, 1.807) is 13.8 Å². The predicted molar refractivity (Wildman–Crippen MR) is 68.5 cm³/mol. The van der Waals surface area contributed by atoms with E-state index in [1.165, 1.54) is 12.1 Å². The average Bonchev–Trinajstić information content (AvgIpc) is 2.39. The van der Waals surface area contributed by atoms with Gasteiger partial charge in [-0.1, -0.05) is 12.1 Å². The van der Waals surface area contributed by atoms with Crippen molar-refractivity contribution in [3.8, 4) is 0 Å². The molecule has 0 aromatic heterocycles. The lowest BCUT2D eigenvalue weighted by Crippen LogP contribution is -2.39. The number of nitrogens with two attached hydrogens (primary N) is 1. The average molecular weight is 292 g/mol. The van der Waals surface area contributed by atoms with E-state index in [0.717, 1.165) is 12.1 Å². The van der Waals surface area contributed by atoms with Crippen molar-refractivity contribution in [3.63, 3.8) is 0 Å². The molecule has 1 aromatic rings. The van der Waals surface area contributed by atoms with Gasteiger partial charge in [-0.15, -0.1) is 0 Å². The Hall–Kier alpha value is -1.15. The van der Waals surface area contributed by atoms with E-state index in [0.29, 0.717) is 18.8 Å². The molecule has 0 radical (unpaired) electrons. The first-order valence-corrected chi connectivity index (χ1v) is 6.30. The lowest BCUT2D eigenvalue weighted by atomic mass is 10.0. The normalized spacial score (nSPS) is 13.8. The molecule has 0 amide bonds. The second kappa shape index (κ2) is 7.58. The molecule has 0 saturated heterocycles. The predicted octanol–water partition coefficient (Wildman–Crippen LogP) is 2.61. The molecular formula is C13H19F3N2O2. The van der Waals surface area contributed by atoms with Crippen LogP contribution in [-0.2, 0) is 15.7 Å². The molecule has 1 atom stereocenters. The van der Waals surface area contributed by atoms with Crippen molar-refractivity contribution in [3.05, 3.63) is 35.4 Å². The Kier molecular flexibility index (Phi) is 6.41. The Labute approximate surface area is 116 Å². The van der Waals surface area contributed by atoms with Crippen molar-refractivity contribution >= 4 is 0 Å². The van der Waals surface area contributed by atoms with Crippen LogP contribution in [0.1, 0.15) is 31.0 Å². The fraction of sp³-hybridized carbons (Fsp3) is 0.538. The minimum Gasteiger partial charge on any atom is -0.351 e. The molecule has 1 unspecified atom stereocenters. The lowest BCUT2D eigenvalue weighted by molar-refractivity contribution is -0.155. The van der Waals surface area contributed by atoms with Gasteiger partial charge in [-0.3, -0.25) is 5.84 Å². The minimum atomic E-state index is -4.36. The van der Waals surface area contributed by atoms with Gasteiger partial charge in [-0.05, 0) is 31.5 Å². The van der Waals surface area contributed by atoms with Crippen LogP contribution in [0, 0.1) is 0 Å². The first-order chi connectivity index (χ1) is 9.43. The maximum absolute atomic E-state index is 12.5. The molecule has 3 N–H and O–H groups in total. The minimum absolute atomic E-state index is 0.406. The van der Waals surface area contributed by atoms with Crippen LogP contribution in [-0.4, -0.2) is 19.5 Å². The summed E-state index contributed by atoms with van der Waals surface area (Å²) < 4.78 is 48.3. The summed E-state index contributed by atoms with van der Waals surface area (Å²) in [6.45, 7) is 4.41. The van der Waals surface area contributed by atoms with Gasteiger partial charge >= 0.3 is 6.18 Å². The van der Waals surface area contributed by atoms with Crippen LogP contribution >= 0.6 is 0 Å². The van der Waals surface area contributed by atoms with Gasteiger partial charge < -0.3 is 9.47 Å². The molecule has 7 heteroatoms. The Morgan fingerprint density at radius 3 is 1.95 bits per heavy atom. The van der Waals surface area contributed by atoms with Crippen molar-refractivity contribution in [1.29, 1.82) is 0 Å². The van der Waals surface area contributed by atoms with Crippen LogP contribution < -0.4 is 11.3 Å². The van der Waals surface area contributed by atoms with Crippen molar-refractivity contribution < 1.29 is 22.6 Å². The Bertz CT molecular complexity index is 390. The third kappa shape index (κ3) is 4.45. The van der Waals surface area contributed by atoms with E-state index in [4.69, 9.17) is 15.3 Å². The molecule has 114 valence electrons. The zero-order chi connectivity index (χ0) is 15.2. The zero-order valence-corrected chi connectivity index (χ0v) is 11.4. The van der Waals surface area contributed by atoms with Crippen LogP contribution in [0.2, 0.25) is 0 Å². The number of nitrogens with one attached hydrogen (secondary N) is 1. The molecule has 0 bridgehead atoms. The highest BCUT2D eigenvalue weighted by Gasteiger charge is 2.31. The molecule has 1 aromatic carbocycles. The van der Waals surface area contributed by atoms with E-state index >= 15 is 0 Å². The second-order valence-corrected chi connectivity index (χ2v) is 4.04. The molecule has 0 spiro atoms. The Morgan fingerprint density at radius 1 is 1.10 bits per heavy atom. The summed E-state index contributed by atoms with van der Waals surface area (Å²) in [6, 6.07) is 4.19. The number of alkyl halides is 3. The van der Waals surface area contributed by atoms with Gasteiger partial charge in [0.1, 0.15) is 0 Å². The topological polar surface area (TPSA) is 56.5 Å². The maximum Gasteiger partial charge on any atom is 0.416 e. The molecule has 0 aliphatic carbocycles. The second-order valence-electron chi connectivity index (χ2n) is 4.04. The van der Waals surface area contributed by atoms with Crippen LogP contribution in [0.25, 0.3) is 0 Å². The highest BCUT2D eigenvalue weighted by molar-refractivity contribution is 5.27. The Morgan fingerprint density at radius 2 is 1.60 bits per heavy atom. The van der Waals surface area contributed by atoms with Gasteiger partial charge in [0.25, 0.3) is 0 Å². The zero-order valence-electron chi connectivity index (χ0n) is 11.4. The molecule has 1 rings (SSSR count). The molecule has 0 heterocycles. The first-order valence-electron chi connectivity index (χ1n) is 6.30. The quantitative estimate of drug-likeness (QED) is 0.461. The summed E-state index contributed by atoms with van der Waals surface area (Å²) in [6.07, 6.45) is -5.02. The summed E-state index contributed by atoms with van der Waals surface area (Å²) in [5.74, 6) is 5.46. The van der Waals surface area contributed by atoms with E-state index in [-0.39, 0.29) is 0 Å². The molecule has 0 fully saturated rings. The monoisotopic (exact) mass is 292 g/mol. The summed E-state index contributed by atoms with van der Waals surface area (Å²) in [5.41, 5.74) is 2.37. The fourth-order valence-corrected chi connectivity index (χ4v) is 1.78. The van der Waals surface area contributed by atoms with Gasteiger partial charge in [0.15, 0.2) is 6.29 Å². The molecule has 0 aliphatic heterocycles. The largest absolute Gasteiger partial charge is 0.416 e. The summed E-state index contributed by atoms with van der Waals surface area (Å²) in [5, 5.41) is 0. The van der Waals surface area contributed by atoms with Gasteiger partial charge in [0, 0.05) is 13.2 Å². The van der Waals surface area contributed by atoms with Crippen molar-refractivity contribution in [2.45, 2.75) is 32.4 Å². The van der Waals surface area contributed by atoms with E-state index in [1.807, 2.05) is 0 Å². The summed E-state index contributed by atoms with van der Waals surface area (Å²) >= 11 is 0. The van der Waals surface area contributed by atoms with E-state index in [2.05, 4.69) is 5.43 Å². The first kappa shape index (κ1) is 16.9. The van der Waals surface area contributed by atoms with Crippen molar-refractivity contribution in [2.75, 3.05) is 13.2 Å². The third-order valence-corrected chi connectivity index (χ3v) is 2.71. The molecule has 4 nitrogen and oxygen atoms in total. The molecule has 0 aliphatic rings. The van der Waals surface area contributed by atoms with Crippen LogP contribution in [0.5, 0.6) is 0 Å². The smallest absolute Gasteiger partial charge is 0.351 e. The Balaban J connectivity index is 2.93. The van der Waals surface area contributed by atoms with Crippen LogP contribution in [0.15, 0.2) is 24.3 Å². The van der Waals surface area contributed by atoms with Gasteiger partial charge in [0.2, 0.25) is 0 Å². The number of halogens is 3. The molecule has 20 heavy (non-hydrogen) atoms. The van der Waals surface area contributed by atoms with Crippen molar-refractivity contribution in [1.82, 2.24) is 5.43 Å². The van der Waals surface area contributed by atoms with Gasteiger partial charge in [-0.2, -0.15) is 13.2 Å². The number of ether oxygens (including phenoxy) is 2. The molecular weight excluding hydrogens is 273 g/mol. The fourth-order valence-electron chi connectivity index (χ4n) is 1.78. The summed E-state index contributed by atoms with van der Waals surface area (Å²) in [4.78, 5) is 0. The number of rotatable bonds is 7. The number of hydrazine groups is 1. The van der Waals surface area contributed by atoms with Gasteiger partial charge in [0.05, 0.1) is 11.6 Å². The maximum atomic E-state index is 12.5. The van der Waals surface area contributed by atoms with Gasteiger partial charge in [-0.25, -0.2) is 5.43 Å². The number of hydrogen-bond acceptors (Lipinski definition) is 4. The summed E-state index contributed by atoms with van der Waals surface area (Å²) in [7, 11) is 0. The highest BCUT2D eigenvalue weighted by Crippen LogP contribution is 2.30. The number of hydrogen-bond donors (Lipinski definition) is 2. The molecule has 0 saturated carbocycles. The van der Waals surface area contributed by atoms with Crippen LogP contribution in [0.3, 0.4) is 0 Å². The number of benzene rings is 1. The SMILES string of the molecule is CCOC(OCC)C(NN)c1ccc(C(F)(F)F)cc1. The third-order valence-electron chi connectivity index (χ3n) is 2.71. The highest BCUT2D eigenvalue weighted by atomic mass is 19.4. The standard InChI is InChI=1S/C13H19F3N2O2/c1-3-19-12(20-4-2)11(18-17)9-5-7-10(8-6-9)13(14,15)16/h5-8,11-12,18H,3-4,17H2,1-2H3. The van der Waals surface area contributed by atoms with Crippen molar-refractivity contribution in [2.24, 2.45) is 5.84 Å². The lowest BCUT2D eigenvalue weighted by Gasteiger charge is -2.26. The van der Waals surface area contributed by atoms with Crippen LogP contribution in [0.4, 0.5) is 13.2 Å². The van der Waals surface area contributed by atoms with E-state index in [9.17, 15) is 13.2 Å².